The molecule has 2 heterocycles. The van der Waals surface area contributed by atoms with Gasteiger partial charge in [0.1, 0.15) is 5.75 Å². The lowest BCUT2D eigenvalue weighted by Crippen LogP contribution is -2.45. The quantitative estimate of drug-likeness (QED) is 0.370. The van der Waals surface area contributed by atoms with Crippen LogP contribution in [0.3, 0.4) is 0 Å². The van der Waals surface area contributed by atoms with E-state index < -0.39 is 6.04 Å². The molecule has 35 heavy (non-hydrogen) atoms. The minimum absolute atomic E-state index is 0.190. The van der Waals surface area contributed by atoms with Crippen LogP contribution in [0.5, 0.6) is 5.75 Å². The SMILES string of the molecule is CCOc1cccc(CN2C(=O)NC(c3ccccc3)C(c3nc(-c4ccccc4)no3)=C2C)c1. The summed E-state index contributed by atoms with van der Waals surface area (Å²) in [7, 11) is 0. The second-order valence-electron chi connectivity index (χ2n) is 8.25. The fourth-order valence-corrected chi connectivity index (χ4v) is 4.26. The number of ether oxygens (including phenoxy) is 1. The van der Waals surface area contributed by atoms with Crippen molar-refractivity contribution in [2.24, 2.45) is 0 Å². The van der Waals surface area contributed by atoms with Crippen LogP contribution in [0, 0.1) is 0 Å². The van der Waals surface area contributed by atoms with Crippen molar-refractivity contribution in [1.29, 1.82) is 0 Å². The molecule has 1 aliphatic rings. The molecule has 176 valence electrons. The van der Waals surface area contributed by atoms with Gasteiger partial charge in [-0.05, 0) is 37.1 Å². The summed E-state index contributed by atoms with van der Waals surface area (Å²) in [6.45, 7) is 4.82. The van der Waals surface area contributed by atoms with Crippen molar-refractivity contribution in [1.82, 2.24) is 20.4 Å². The van der Waals surface area contributed by atoms with E-state index in [1.165, 1.54) is 0 Å². The van der Waals surface area contributed by atoms with Gasteiger partial charge in [-0.3, -0.25) is 4.90 Å². The Kier molecular flexibility index (Phi) is 6.30. The highest BCUT2D eigenvalue weighted by atomic mass is 16.5. The van der Waals surface area contributed by atoms with Gasteiger partial charge >= 0.3 is 6.03 Å². The van der Waals surface area contributed by atoms with E-state index in [1.54, 1.807) is 4.90 Å². The second kappa shape index (κ2) is 9.85. The van der Waals surface area contributed by atoms with Gasteiger partial charge in [0.15, 0.2) is 0 Å². The van der Waals surface area contributed by atoms with Crippen LogP contribution in [0.25, 0.3) is 17.0 Å². The lowest BCUT2D eigenvalue weighted by atomic mass is 9.94. The molecule has 0 fully saturated rings. The Balaban J connectivity index is 1.56. The Morgan fingerprint density at radius 1 is 1.00 bits per heavy atom. The van der Waals surface area contributed by atoms with Gasteiger partial charge in [0.05, 0.1) is 24.8 Å². The van der Waals surface area contributed by atoms with Crippen LogP contribution in [0.1, 0.15) is 36.9 Å². The maximum atomic E-state index is 13.3. The van der Waals surface area contributed by atoms with Crippen LogP contribution < -0.4 is 10.1 Å². The van der Waals surface area contributed by atoms with E-state index in [4.69, 9.17) is 14.2 Å². The number of allylic oxidation sites excluding steroid dienone is 1. The van der Waals surface area contributed by atoms with Crippen LogP contribution >= 0.6 is 0 Å². The second-order valence-corrected chi connectivity index (χ2v) is 8.25. The molecule has 1 unspecified atom stereocenters. The molecule has 0 aliphatic carbocycles. The molecular formula is C28H26N4O3. The Morgan fingerprint density at radius 2 is 1.74 bits per heavy atom. The number of amides is 2. The fraction of sp³-hybridized carbons (Fsp3) is 0.179. The molecule has 7 nitrogen and oxygen atoms in total. The molecule has 1 aromatic heterocycles. The van der Waals surface area contributed by atoms with Gasteiger partial charge in [-0.2, -0.15) is 4.98 Å². The largest absolute Gasteiger partial charge is 0.494 e. The molecule has 4 aromatic rings. The van der Waals surface area contributed by atoms with Crippen LogP contribution in [0.2, 0.25) is 0 Å². The van der Waals surface area contributed by atoms with Gasteiger partial charge in [0, 0.05) is 11.3 Å². The molecule has 0 bridgehead atoms. The third kappa shape index (κ3) is 4.66. The van der Waals surface area contributed by atoms with E-state index in [0.29, 0.717) is 24.9 Å². The summed E-state index contributed by atoms with van der Waals surface area (Å²) in [5.74, 6) is 1.65. The fourth-order valence-electron chi connectivity index (χ4n) is 4.26. The average molecular weight is 467 g/mol. The van der Waals surface area contributed by atoms with Gasteiger partial charge in [-0.15, -0.1) is 0 Å². The Bertz CT molecular complexity index is 1350. The van der Waals surface area contributed by atoms with Crippen LogP contribution in [0.4, 0.5) is 4.79 Å². The predicted molar refractivity (Wildman–Crippen MR) is 133 cm³/mol. The molecule has 7 heteroatoms. The normalized spacial score (nSPS) is 15.8. The number of carbonyl (C=O) groups excluding carboxylic acids is 1. The first-order chi connectivity index (χ1) is 17.1. The van der Waals surface area contributed by atoms with Crippen molar-refractivity contribution in [3.05, 3.63) is 108 Å². The minimum Gasteiger partial charge on any atom is -0.494 e. The van der Waals surface area contributed by atoms with Crippen LogP contribution in [-0.4, -0.2) is 27.7 Å². The first kappa shape index (κ1) is 22.4. The third-order valence-electron chi connectivity index (χ3n) is 5.97. The van der Waals surface area contributed by atoms with Crippen molar-refractivity contribution < 1.29 is 14.1 Å². The summed E-state index contributed by atoms with van der Waals surface area (Å²) < 4.78 is 11.4. The van der Waals surface area contributed by atoms with Crippen molar-refractivity contribution in [2.75, 3.05) is 6.61 Å². The molecule has 0 saturated heterocycles. The van der Waals surface area contributed by atoms with E-state index >= 15 is 0 Å². The van der Waals surface area contributed by atoms with E-state index in [2.05, 4.69) is 10.5 Å². The highest BCUT2D eigenvalue weighted by molar-refractivity contribution is 5.86. The van der Waals surface area contributed by atoms with Gasteiger partial charge in [0.2, 0.25) is 5.82 Å². The summed E-state index contributed by atoms with van der Waals surface area (Å²) in [4.78, 5) is 19.7. The maximum Gasteiger partial charge on any atom is 0.322 e. The minimum atomic E-state index is -0.418. The Labute approximate surface area is 204 Å². The monoisotopic (exact) mass is 466 g/mol. The first-order valence-electron chi connectivity index (χ1n) is 11.6. The zero-order valence-electron chi connectivity index (χ0n) is 19.6. The van der Waals surface area contributed by atoms with E-state index in [0.717, 1.165) is 33.7 Å². The number of nitrogens with zero attached hydrogens (tertiary/aromatic N) is 3. The summed E-state index contributed by atoms with van der Waals surface area (Å²) in [5, 5.41) is 7.36. The topological polar surface area (TPSA) is 80.5 Å². The van der Waals surface area contributed by atoms with E-state index in [9.17, 15) is 4.79 Å². The molecule has 2 amide bonds. The zero-order valence-corrected chi connectivity index (χ0v) is 19.6. The standard InChI is InChI=1S/C28H26N4O3/c1-3-34-23-16-10-11-20(17-23)18-32-19(2)24(25(29-28(32)33)21-12-6-4-7-13-21)27-30-26(31-35-27)22-14-8-5-9-15-22/h4-17,25H,3,18H2,1-2H3,(H,29,33). The molecule has 1 aliphatic heterocycles. The average Bonchev–Trinajstić information content (AvgIpc) is 3.37. The van der Waals surface area contributed by atoms with Crippen molar-refractivity contribution in [3.8, 4) is 17.1 Å². The van der Waals surface area contributed by atoms with E-state index in [-0.39, 0.29) is 6.03 Å². The van der Waals surface area contributed by atoms with Crippen molar-refractivity contribution in [3.63, 3.8) is 0 Å². The zero-order chi connectivity index (χ0) is 24.2. The Morgan fingerprint density at radius 3 is 2.49 bits per heavy atom. The number of hydrogen-bond donors (Lipinski definition) is 1. The number of hydrogen-bond acceptors (Lipinski definition) is 5. The van der Waals surface area contributed by atoms with Gasteiger partial charge in [-0.1, -0.05) is 78.0 Å². The number of urea groups is 1. The number of nitrogens with one attached hydrogen (secondary N) is 1. The molecule has 0 saturated carbocycles. The highest BCUT2D eigenvalue weighted by Gasteiger charge is 2.35. The molecular weight excluding hydrogens is 440 g/mol. The molecule has 3 aromatic carbocycles. The number of carbonyl (C=O) groups is 1. The lowest BCUT2D eigenvalue weighted by molar-refractivity contribution is 0.203. The number of aromatic nitrogens is 2. The van der Waals surface area contributed by atoms with Crippen LogP contribution in [-0.2, 0) is 6.54 Å². The molecule has 0 radical (unpaired) electrons. The summed E-state index contributed by atoms with van der Waals surface area (Å²) in [5.41, 5.74) is 4.28. The van der Waals surface area contributed by atoms with Gasteiger partial charge < -0.3 is 14.6 Å². The summed E-state index contributed by atoms with van der Waals surface area (Å²) in [6, 6.07) is 26.6. The highest BCUT2D eigenvalue weighted by Crippen LogP contribution is 2.38. The van der Waals surface area contributed by atoms with Crippen molar-refractivity contribution >= 4 is 11.6 Å². The smallest absolute Gasteiger partial charge is 0.322 e. The summed E-state index contributed by atoms with van der Waals surface area (Å²) in [6.07, 6.45) is 0. The van der Waals surface area contributed by atoms with E-state index in [1.807, 2.05) is 98.8 Å². The lowest BCUT2D eigenvalue weighted by Gasteiger charge is -2.35. The molecule has 5 rings (SSSR count). The molecule has 1 N–H and O–H groups in total. The maximum absolute atomic E-state index is 13.3. The number of benzene rings is 3. The number of rotatable bonds is 7. The predicted octanol–water partition coefficient (Wildman–Crippen LogP) is 5.83. The molecule has 0 spiro atoms. The van der Waals surface area contributed by atoms with Gasteiger partial charge in [-0.25, -0.2) is 4.79 Å². The first-order valence-corrected chi connectivity index (χ1v) is 11.6. The summed E-state index contributed by atoms with van der Waals surface area (Å²) >= 11 is 0. The third-order valence-corrected chi connectivity index (χ3v) is 5.97. The van der Waals surface area contributed by atoms with Crippen molar-refractivity contribution in [2.45, 2.75) is 26.4 Å². The molecule has 1 atom stereocenters. The Hall–Kier alpha value is -4.39. The van der Waals surface area contributed by atoms with Crippen LogP contribution in [0.15, 0.2) is 95.1 Å². The van der Waals surface area contributed by atoms with Gasteiger partial charge in [0.25, 0.3) is 5.89 Å².